The van der Waals surface area contributed by atoms with Crippen LogP contribution < -0.4 is 5.32 Å². The molecule has 1 fully saturated rings. The Labute approximate surface area is 110 Å². The third-order valence-corrected chi connectivity index (χ3v) is 3.97. The van der Waals surface area contributed by atoms with E-state index in [1.165, 1.54) is 25.0 Å². The van der Waals surface area contributed by atoms with Crippen LogP contribution >= 0.6 is 0 Å². The Kier molecular flexibility index (Phi) is 5.20. The summed E-state index contributed by atoms with van der Waals surface area (Å²) in [5, 5.41) is 7.79. The highest BCUT2D eigenvalue weighted by Gasteiger charge is 2.30. The van der Waals surface area contributed by atoms with E-state index in [2.05, 4.69) is 21.2 Å². The van der Waals surface area contributed by atoms with Crippen LogP contribution in [0.25, 0.3) is 0 Å². The highest BCUT2D eigenvalue weighted by atomic mass is 16.5. The zero-order valence-corrected chi connectivity index (χ0v) is 11.6. The molecule has 1 heterocycles. The molecule has 2 unspecified atom stereocenters. The van der Waals surface area contributed by atoms with Gasteiger partial charge in [0.05, 0.1) is 0 Å². The molecule has 1 aromatic heterocycles. The Hall–Kier alpha value is -0.870. The van der Waals surface area contributed by atoms with E-state index in [1.54, 1.807) is 7.11 Å². The molecule has 4 heteroatoms. The fourth-order valence-corrected chi connectivity index (χ4v) is 3.14. The molecule has 1 aromatic rings. The van der Waals surface area contributed by atoms with Crippen molar-refractivity contribution in [3.05, 3.63) is 18.0 Å². The molecule has 0 spiro atoms. The molecule has 4 nitrogen and oxygen atoms in total. The summed E-state index contributed by atoms with van der Waals surface area (Å²) in [6.07, 6.45) is 6.98. The first-order valence-electron chi connectivity index (χ1n) is 7.02. The second kappa shape index (κ2) is 6.90. The van der Waals surface area contributed by atoms with Gasteiger partial charge < -0.3 is 10.1 Å². The lowest BCUT2D eigenvalue weighted by Gasteiger charge is -2.20. The number of methoxy groups -OCH3 is 1. The van der Waals surface area contributed by atoms with Gasteiger partial charge >= 0.3 is 0 Å². The third-order valence-electron chi connectivity index (χ3n) is 3.97. The summed E-state index contributed by atoms with van der Waals surface area (Å²) in [4.78, 5) is 0. The predicted molar refractivity (Wildman–Crippen MR) is 72.7 cm³/mol. The first kappa shape index (κ1) is 13.6. The summed E-state index contributed by atoms with van der Waals surface area (Å²) in [5.41, 5.74) is 1.42. The van der Waals surface area contributed by atoms with E-state index in [0.717, 1.165) is 32.0 Å². The number of ether oxygens (including phenoxy) is 1. The topological polar surface area (TPSA) is 39.1 Å². The average molecular weight is 251 g/mol. The second-order valence-electron chi connectivity index (χ2n) is 5.18. The quantitative estimate of drug-likeness (QED) is 0.754. The fraction of sp³-hybridized carbons (Fsp3) is 0.786. The fourth-order valence-electron chi connectivity index (χ4n) is 3.14. The van der Waals surface area contributed by atoms with Crippen LogP contribution in [0.5, 0.6) is 0 Å². The van der Waals surface area contributed by atoms with E-state index in [0.29, 0.717) is 5.92 Å². The molecule has 0 radical (unpaired) electrons. The molecule has 2 rings (SSSR count). The van der Waals surface area contributed by atoms with Gasteiger partial charge in [-0.3, -0.25) is 4.68 Å². The van der Waals surface area contributed by atoms with Crippen molar-refractivity contribution < 1.29 is 4.74 Å². The normalized spacial score (nSPS) is 23.7. The van der Waals surface area contributed by atoms with E-state index in [-0.39, 0.29) is 0 Å². The first-order chi connectivity index (χ1) is 8.86. The zero-order chi connectivity index (χ0) is 12.8. The maximum absolute atomic E-state index is 5.11. The van der Waals surface area contributed by atoms with Crippen LogP contribution in [0.15, 0.2) is 12.3 Å². The summed E-state index contributed by atoms with van der Waals surface area (Å²) in [7, 11) is 3.80. The lowest BCUT2D eigenvalue weighted by Crippen LogP contribution is -2.23. The number of hydrogen-bond acceptors (Lipinski definition) is 3. The summed E-state index contributed by atoms with van der Waals surface area (Å²) >= 11 is 0. The van der Waals surface area contributed by atoms with Crippen molar-refractivity contribution in [3.63, 3.8) is 0 Å². The van der Waals surface area contributed by atoms with Crippen LogP contribution in [0, 0.1) is 5.92 Å². The number of aromatic nitrogens is 2. The molecule has 0 saturated heterocycles. The van der Waals surface area contributed by atoms with Gasteiger partial charge in [0.2, 0.25) is 0 Å². The van der Waals surface area contributed by atoms with Crippen molar-refractivity contribution in [1.29, 1.82) is 0 Å². The van der Waals surface area contributed by atoms with Crippen molar-refractivity contribution in [2.75, 3.05) is 27.3 Å². The van der Waals surface area contributed by atoms with Crippen LogP contribution in [-0.4, -0.2) is 37.1 Å². The highest BCUT2D eigenvalue weighted by Crippen LogP contribution is 2.39. The predicted octanol–water partition coefficient (Wildman–Crippen LogP) is 2.02. The standard InChI is InChI=1S/C14H25N3O/c1-15-11-12-5-3-6-13(12)14-7-8-16-17(14)9-4-10-18-2/h7-8,12-13,15H,3-6,9-11H2,1-2H3. The van der Waals surface area contributed by atoms with Crippen molar-refractivity contribution in [3.8, 4) is 0 Å². The Morgan fingerprint density at radius 2 is 2.39 bits per heavy atom. The minimum atomic E-state index is 0.683. The third kappa shape index (κ3) is 3.12. The Balaban J connectivity index is 2.01. The van der Waals surface area contributed by atoms with Gasteiger partial charge in [0.15, 0.2) is 0 Å². The van der Waals surface area contributed by atoms with Crippen LogP contribution in [0.2, 0.25) is 0 Å². The Morgan fingerprint density at radius 1 is 1.50 bits per heavy atom. The summed E-state index contributed by atoms with van der Waals surface area (Å²) in [5.74, 6) is 1.45. The molecule has 0 bridgehead atoms. The largest absolute Gasteiger partial charge is 0.385 e. The monoisotopic (exact) mass is 251 g/mol. The summed E-state index contributed by atoms with van der Waals surface area (Å²) in [6, 6.07) is 2.20. The number of nitrogens with one attached hydrogen (secondary N) is 1. The second-order valence-corrected chi connectivity index (χ2v) is 5.18. The summed E-state index contributed by atoms with van der Waals surface area (Å²) < 4.78 is 7.29. The van der Waals surface area contributed by atoms with Gasteiger partial charge in [-0.15, -0.1) is 0 Å². The molecule has 0 aliphatic heterocycles. The van der Waals surface area contributed by atoms with Gasteiger partial charge in [-0.25, -0.2) is 0 Å². The van der Waals surface area contributed by atoms with Crippen LogP contribution in [0.1, 0.15) is 37.3 Å². The average Bonchev–Trinajstić information content (AvgIpc) is 2.98. The smallest absolute Gasteiger partial charge is 0.0492 e. The van der Waals surface area contributed by atoms with Gasteiger partial charge in [0.1, 0.15) is 0 Å². The maximum atomic E-state index is 5.11. The van der Waals surface area contributed by atoms with Crippen molar-refractivity contribution in [2.45, 2.75) is 38.1 Å². The Morgan fingerprint density at radius 3 is 3.17 bits per heavy atom. The van der Waals surface area contributed by atoms with E-state index < -0.39 is 0 Å². The van der Waals surface area contributed by atoms with E-state index in [4.69, 9.17) is 4.74 Å². The number of rotatable bonds is 7. The SMILES string of the molecule is CNCC1CCCC1c1ccnn1CCCOC. The minimum absolute atomic E-state index is 0.683. The molecule has 1 aliphatic rings. The van der Waals surface area contributed by atoms with Gasteiger partial charge in [-0.2, -0.15) is 5.10 Å². The van der Waals surface area contributed by atoms with Crippen LogP contribution in [-0.2, 0) is 11.3 Å². The van der Waals surface area contributed by atoms with E-state index >= 15 is 0 Å². The molecule has 102 valence electrons. The number of aryl methyl sites for hydroxylation is 1. The van der Waals surface area contributed by atoms with Gasteiger partial charge in [0.25, 0.3) is 0 Å². The zero-order valence-electron chi connectivity index (χ0n) is 11.6. The van der Waals surface area contributed by atoms with Gasteiger partial charge in [-0.05, 0) is 44.8 Å². The molecule has 2 atom stereocenters. The molecule has 0 aromatic carbocycles. The minimum Gasteiger partial charge on any atom is -0.385 e. The number of hydrogen-bond donors (Lipinski definition) is 1. The van der Waals surface area contributed by atoms with Gasteiger partial charge in [-0.1, -0.05) is 6.42 Å². The Bertz CT molecular complexity index is 351. The van der Waals surface area contributed by atoms with Crippen molar-refractivity contribution in [1.82, 2.24) is 15.1 Å². The molecular weight excluding hydrogens is 226 g/mol. The summed E-state index contributed by atoms with van der Waals surface area (Å²) in [6.45, 7) is 2.90. The molecule has 1 N–H and O–H groups in total. The molecule has 18 heavy (non-hydrogen) atoms. The van der Waals surface area contributed by atoms with Crippen LogP contribution in [0.3, 0.4) is 0 Å². The van der Waals surface area contributed by atoms with Crippen LogP contribution in [0.4, 0.5) is 0 Å². The number of nitrogens with zero attached hydrogens (tertiary/aromatic N) is 2. The van der Waals surface area contributed by atoms with Gasteiger partial charge in [0, 0.05) is 38.1 Å². The first-order valence-corrected chi connectivity index (χ1v) is 7.02. The van der Waals surface area contributed by atoms with E-state index in [1.807, 2.05) is 13.2 Å². The lowest BCUT2D eigenvalue weighted by atomic mass is 9.92. The van der Waals surface area contributed by atoms with Crippen molar-refractivity contribution in [2.24, 2.45) is 5.92 Å². The highest BCUT2D eigenvalue weighted by molar-refractivity contribution is 5.12. The lowest BCUT2D eigenvalue weighted by molar-refractivity contribution is 0.188. The van der Waals surface area contributed by atoms with E-state index in [9.17, 15) is 0 Å². The molecule has 1 aliphatic carbocycles. The molecular formula is C14H25N3O. The maximum Gasteiger partial charge on any atom is 0.0492 e. The molecule has 1 saturated carbocycles. The molecule has 0 amide bonds. The van der Waals surface area contributed by atoms with Crippen molar-refractivity contribution >= 4 is 0 Å².